The first kappa shape index (κ1) is 13.1. The average Bonchev–Trinajstić information content (AvgIpc) is 2.91. The number of hydrogen-bond acceptors (Lipinski definition) is 4. The lowest BCUT2D eigenvalue weighted by Crippen LogP contribution is -2.01. The largest absolute Gasteiger partial charge is 0.398 e. The molecule has 2 N–H and O–H groups in total. The first-order chi connectivity index (χ1) is 9.65. The first-order valence-electron chi connectivity index (χ1n) is 5.75. The molecule has 0 spiro atoms. The number of nitrogen functional groups attached to an aromatic ring is 1. The summed E-state index contributed by atoms with van der Waals surface area (Å²) in [5.41, 5.74) is 8.09. The summed E-state index contributed by atoms with van der Waals surface area (Å²) >= 11 is 9.41. The molecule has 100 valence electrons. The fourth-order valence-electron chi connectivity index (χ4n) is 1.83. The Kier molecular flexibility index (Phi) is 3.42. The van der Waals surface area contributed by atoms with Gasteiger partial charge in [0, 0.05) is 20.7 Å². The van der Waals surface area contributed by atoms with Gasteiger partial charge in [-0.2, -0.15) is 4.68 Å². The number of nitrogens with zero attached hydrogens (tertiary/aromatic N) is 4. The summed E-state index contributed by atoms with van der Waals surface area (Å²) in [6, 6.07) is 12.9. The van der Waals surface area contributed by atoms with Crippen LogP contribution in [0.15, 0.2) is 46.9 Å². The van der Waals surface area contributed by atoms with Crippen LogP contribution in [0.25, 0.3) is 17.1 Å². The smallest absolute Gasteiger partial charge is 0.189 e. The Hall–Kier alpha value is -1.92. The van der Waals surface area contributed by atoms with Gasteiger partial charge < -0.3 is 5.73 Å². The van der Waals surface area contributed by atoms with E-state index in [4.69, 9.17) is 17.3 Å². The summed E-state index contributed by atoms with van der Waals surface area (Å²) in [5, 5.41) is 12.3. The van der Waals surface area contributed by atoms with Crippen LogP contribution in [0.5, 0.6) is 0 Å². The molecule has 5 nitrogen and oxygen atoms in total. The molecule has 1 aromatic heterocycles. The molecule has 0 aliphatic carbocycles. The van der Waals surface area contributed by atoms with E-state index in [0.29, 0.717) is 22.1 Å². The number of nitrogens with two attached hydrogens (primary N) is 1. The monoisotopic (exact) mass is 349 g/mol. The van der Waals surface area contributed by atoms with Gasteiger partial charge in [0.25, 0.3) is 0 Å². The van der Waals surface area contributed by atoms with Crippen molar-refractivity contribution in [3.63, 3.8) is 0 Å². The Balaban J connectivity index is 2.15. The minimum absolute atomic E-state index is 0.548. The van der Waals surface area contributed by atoms with Crippen molar-refractivity contribution in [2.75, 3.05) is 5.73 Å². The minimum Gasteiger partial charge on any atom is -0.398 e. The molecule has 0 aliphatic heterocycles. The van der Waals surface area contributed by atoms with Crippen LogP contribution in [0.1, 0.15) is 0 Å². The van der Waals surface area contributed by atoms with Gasteiger partial charge in [-0.25, -0.2) is 0 Å². The molecule has 7 heteroatoms. The quantitative estimate of drug-likeness (QED) is 0.720. The van der Waals surface area contributed by atoms with Crippen molar-refractivity contribution in [3.8, 4) is 17.1 Å². The summed E-state index contributed by atoms with van der Waals surface area (Å²) in [7, 11) is 0. The number of benzene rings is 2. The van der Waals surface area contributed by atoms with Gasteiger partial charge in [0.15, 0.2) is 5.82 Å². The van der Waals surface area contributed by atoms with Crippen LogP contribution in [-0.4, -0.2) is 20.2 Å². The van der Waals surface area contributed by atoms with Gasteiger partial charge >= 0.3 is 0 Å². The molecule has 0 fully saturated rings. The Morgan fingerprint density at radius 2 is 1.85 bits per heavy atom. The minimum atomic E-state index is 0.548. The van der Waals surface area contributed by atoms with Gasteiger partial charge in [0.05, 0.1) is 5.69 Å². The standard InChI is InChI=1S/C13H9BrClN5/c14-8-1-4-10(5-2-8)20-13(17-18-19-20)11-7-9(15)3-6-12(11)16/h1-7H,16H2. The maximum atomic E-state index is 6.01. The molecule has 0 bridgehead atoms. The van der Waals surface area contributed by atoms with Crippen molar-refractivity contribution in [1.29, 1.82) is 0 Å². The molecule has 2 aromatic carbocycles. The number of tetrazole rings is 1. The zero-order valence-electron chi connectivity index (χ0n) is 10.2. The van der Waals surface area contributed by atoms with E-state index < -0.39 is 0 Å². The molecule has 0 saturated carbocycles. The highest BCUT2D eigenvalue weighted by atomic mass is 79.9. The van der Waals surface area contributed by atoms with Crippen LogP contribution in [0, 0.1) is 0 Å². The van der Waals surface area contributed by atoms with Crippen LogP contribution in [0.3, 0.4) is 0 Å². The molecule has 0 atom stereocenters. The molecule has 20 heavy (non-hydrogen) atoms. The molecule has 3 aromatic rings. The third-order valence-electron chi connectivity index (χ3n) is 2.80. The summed E-state index contributed by atoms with van der Waals surface area (Å²) in [5.74, 6) is 0.548. The lowest BCUT2D eigenvalue weighted by Gasteiger charge is -2.07. The summed E-state index contributed by atoms with van der Waals surface area (Å²) in [4.78, 5) is 0. The lowest BCUT2D eigenvalue weighted by atomic mass is 10.1. The van der Waals surface area contributed by atoms with Crippen molar-refractivity contribution in [3.05, 3.63) is 52.0 Å². The number of anilines is 1. The number of aromatic nitrogens is 4. The zero-order chi connectivity index (χ0) is 14.1. The summed E-state index contributed by atoms with van der Waals surface area (Å²) < 4.78 is 2.60. The molecule has 0 radical (unpaired) electrons. The van der Waals surface area contributed by atoms with E-state index in [1.165, 1.54) is 0 Å². The molecule has 0 unspecified atom stereocenters. The van der Waals surface area contributed by atoms with Gasteiger partial charge in [-0.15, -0.1) is 5.10 Å². The molecular formula is C13H9BrClN5. The van der Waals surface area contributed by atoms with E-state index in [1.807, 2.05) is 24.3 Å². The fraction of sp³-hybridized carbons (Fsp3) is 0. The van der Waals surface area contributed by atoms with Crippen molar-refractivity contribution < 1.29 is 0 Å². The normalized spacial score (nSPS) is 10.7. The highest BCUT2D eigenvalue weighted by Gasteiger charge is 2.13. The second-order valence-electron chi connectivity index (χ2n) is 4.12. The number of rotatable bonds is 2. The van der Waals surface area contributed by atoms with Crippen molar-refractivity contribution in [2.24, 2.45) is 0 Å². The van der Waals surface area contributed by atoms with Crippen LogP contribution in [0.2, 0.25) is 5.02 Å². The second-order valence-corrected chi connectivity index (χ2v) is 5.47. The fourth-order valence-corrected chi connectivity index (χ4v) is 2.27. The van der Waals surface area contributed by atoms with Gasteiger partial charge in [-0.3, -0.25) is 0 Å². The first-order valence-corrected chi connectivity index (χ1v) is 6.92. The van der Waals surface area contributed by atoms with E-state index in [1.54, 1.807) is 22.9 Å². The van der Waals surface area contributed by atoms with E-state index in [-0.39, 0.29) is 0 Å². The summed E-state index contributed by atoms with van der Waals surface area (Å²) in [6.07, 6.45) is 0. The Morgan fingerprint density at radius 3 is 2.60 bits per heavy atom. The van der Waals surface area contributed by atoms with E-state index in [0.717, 1.165) is 10.2 Å². The number of halogens is 2. The lowest BCUT2D eigenvalue weighted by molar-refractivity contribution is 0.791. The van der Waals surface area contributed by atoms with E-state index in [2.05, 4.69) is 31.5 Å². The second kappa shape index (κ2) is 5.22. The molecule has 3 rings (SSSR count). The Labute approximate surface area is 128 Å². The maximum absolute atomic E-state index is 6.01. The molecule has 0 aliphatic rings. The third kappa shape index (κ3) is 2.39. The van der Waals surface area contributed by atoms with Gasteiger partial charge in [0.1, 0.15) is 0 Å². The van der Waals surface area contributed by atoms with Crippen LogP contribution in [-0.2, 0) is 0 Å². The van der Waals surface area contributed by atoms with E-state index in [9.17, 15) is 0 Å². The predicted octanol–water partition coefficient (Wildman–Crippen LogP) is 3.33. The van der Waals surface area contributed by atoms with Gasteiger partial charge in [-0.1, -0.05) is 27.5 Å². The summed E-state index contributed by atoms with van der Waals surface area (Å²) in [6.45, 7) is 0. The molecule has 0 amide bonds. The van der Waals surface area contributed by atoms with Crippen molar-refractivity contribution >= 4 is 33.2 Å². The Bertz CT molecular complexity index is 754. The van der Waals surface area contributed by atoms with Crippen LogP contribution < -0.4 is 5.73 Å². The topological polar surface area (TPSA) is 69.6 Å². The highest BCUT2D eigenvalue weighted by molar-refractivity contribution is 9.10. The molecule has 1 heterocycles. The average molecular weight is 351 g/mol. The van der Waals surface area contributed by atoms with Gasteiger partial charge in [0.2, 0.25) is 0 Å². The Morgan fingerprint density at radius 1 is 1.10 bits per heavy atom. The van der Waals surface area contributed by atoms with Crippen molar-refractivity contribution in [2.45, 2.75) is 0 Å². The SMILES string of the molecule is Nc1ccc(Cl)cc1-c1nnnn1-c1ccc(Br)cc1. The molecular weight excluding hydrogens is 342 g/mol. The molecule has 0 saturated heterocycles. The van der Waals surface area contributed by atoms with Gasteiger partial charge in [-0.05, 0) is 52.9 Å². The maximum Gasteiger partial charge on any atom is 0.189 e. The van der Waals surface area contributed by atoms with E-state index >= 15 is 0 Å². The van der Waals surface area contributed by atoms with Crippen LogP contribution in [0.4, 0.5) is 5.69 Å². The zero-order valence-corrected chi connectivity index (χ0v) is 12.5. The third-order valence-corrected chi connectivity index (χ3v) is 3.56. The predicted molar refractivity (Wildman–Crippen MR) is 81.7 cm³/mol. The number of hydrogen-bond donors (Lipinski definition) is 1. The highest BCUT2D eigenvalue weighted by Crippen LogP contribution is 2.28. The van der Waals surface area contributed by atoms with Crippen molar-refractivity contribution in [1.82, 2.24) is 20.2 Å². The van der Waals surface area contributed by atoms with Crippen LogP contribution >= 0.6 is 27.5 Å².